The SMILES string of the molecule is CCC(=NNC(=O)CCCOc1ccc(Cl)cc1Cl)c1ccc(OC)cc1. The molecule has 0 aromatic heterocycles. The molecule has 0 aliphatic carbocycles. The average Bonchev–Trinajstić information content (AvgIpc) is 2.67. The molecule has 0 heterocycles. The summed E-state index contributed by atoms with van der Waals surface area (Å²) in [5, 5.41) is 5.23. The molecule has 2 rings (SSSR count). The predicted octanol–water partition coefficient (Wildman–Crippen LogP) is 5.09. The maximum atomic E-state index is 12.0. The summed E-state index contributed by atoms with van der Waals surface area (Å²) >= 11 is 11.9. The fraction of sp³-hybridized carbons (Fsp3) is 0.300. The molecule has 1 amide bonds. The molecule has 0 aliphatic rings. The molecule has 0 unspecified atom stereocenters. The standard InChI is InChI=1S/C20H22Cl2N2O3/c1-3-18(14-6-9-16(26-2)10-7-14)23-24-20(25)5-4-12-27-19-11-8-15(21)13-17(19)22/h6-11,13H,3-5,12H2,1-2H3,(H,24,25). The number of hydrogen-bond donors (Lipinski definition) is 1. The summed E-state index contributed by atoms with van der Waals surface area (Å²) in [4.78, 5) is 12.0. The topological polar surface area (TPSA) is 59.9 Å². The fourth-order valence-corrected chi connectivity index (χ4v) is 2.79. The molecule has 2 aromatic rings. The van der Waals surface area contributed by atoms with Crippen LogP contribution in [-0.2, 0) is 4.79 Å². The van der Waals surface area contributed by atoms with Crippen LogP contribution in [0.3, 0.4) is 0 Å². The highest BCUT2D eigenvalue weighted by molar-refractivity contribution is 6.35. The van der Waals surface area contributed by atoms with Crippen molar-refractivity contribution in [2.45, 2.75) is 26.2 Å². The summed E-state index contributed by atoms with van der Waals surface area (Å²) in [6.45, 7) is 2.36. The molecule has 0 spiro atoms. The Labute approximate surface area is 169 Å². The van der Waals surface area contributed by atoms with Crippen LogP contribution in [0.1, 0.15) is 31.7 Å². The summed E-state index contributed by atoms with van der Waals surface area (Å²) in [5.74, 6) is 1.16. The monoisotopic (exact) mass is 408 g/mol. The maximum Gasteiger partial charge on any atom is 0.240 e. The van der Waals surface area contributed by atoms with E-state index in [-0.39, 0.29) is 5.91 Å². The largest absolute Gasteiger partial charge is 0.497 e. The Balaban J connectivity index is 1.79. The molecule has 0 fully saturated rings. The Bertz CT molecular complexity index is 792. The zero-order valence-corrected chi connectivity index (χ0v) is 16.8. The Morgan fingerprint density at radius 1 is 1.15 bits per heavy atom. The van der Waals surface area contributed by atoms with Gasteiger partial charge in [-0.25, -0.2) is 5.43 Å². The molecule has 0 radical (unpaired) electrons. The first-order valence-corrected chi connectivity index (χ1v) is 9.36. The third-order valence-electron chi connectivity index (χ3n) is 3.77. The predicted molar refractivity (Wildman–Crippen MR) is 109 cm³/mol. The quantitative estimate of drug-likeness (QED) is 0.357. The Hall–Kier alpha value is -2.24. The van der Waals surface area contributed by atoms with Crippen molar-refractivity contribution in [3.8, 4) is 11.5 Å². The van der Waals surface area contributed by atoms with E-state index >= 15 is 0 Å². The van der Waals surface area contributed by atoms with Crippen molar-refractivity contribution in [2.24, 2.45) is 5.10 Å². The summed E-state index contributed by atoms with van der Waals surface area (Å²) in [7, 11) is 1.62. The number of nitrogens with zero attached hydrogens (tertiary/aromatic N) is 1. The van der Waals surface area contributed by atoms with Gasteiger partial charge in [0, 0.05) is 11.4 Å². The first-order valence-electron chi connectivity index (χ1n) is 8.61. The zero-order valence-electron chi connectivity index (χ0n) is 15.3. The molecular weight excluding hydrogens is 387 g/mol. The number of halogens is 2. The number of carbonyl (C=O) groups is 1. The molecule has 144 valence electrons. The maximum absolute atomic E-state index is 12.0. The minimum absolute atomic E-state index is 0.166. The highest BCUT2D eigenvalue weighted by atomic mass is 35.5. The van der Waals surface area contributed by atoms with Crippen LogP contribution >= 0.6 is 23.2 Å². The summed E-state index contributed by atoms with van der Waals surface area (Å²) in [6.07, 6.45) is 1.55. The van der Waals surface area contributed by atoms with Crippen LogP contribution < -0.4 is 14.9 Å². The number of ether oxygens (including phenoxy) is 2. The summed E-state index contributed by atoms with van der Waals surface area (Å²) < 4.78 is 10.7. The number of nitrogens with one attached hydrogen (secondary N) is 1. The van der Waals surface area contributed by atoms with Gasteiger partial charge in [-0.1, -0.05) is 30.1 Å². The van der Waals surface area contributed by atoms with Crippen LogP contribution in [0.15, 0.2) is 47.6 Å². The van der Waals surface area contributed by atoms with E-state index in [2.05, 4.69) is 10.5 Å². The normalized spacial score (nSPS) is 11.2. The second kappa shape index (κ2) is 10.8. The Kier molecular flexibility index (Phi) is 8.43. The highest BCUT2D eigenvalue weighted by Crippen LogP contribution is 2.27. The van der Waals surface area contributed by atoms with E-state index < -0.39 is 0 Å². The van der Waals surface area contributed by atoms with Gasteiger partial charge in [-0.2, -0.15) is 5.10 Å². The van der Waals surface area contributed by atoms with Gasteiger partial charge < -0.3 is 9.47 Å². The first kappa shape index (κ1) is 21.1. The van der Waals surface area contributed by atoms with Gasteiger partial charge in [-0.05, 0) is 60.9 Å². The van der Waals surface area contributed by atoms with Crippen LogP contribution in [0.4, 0.5) is 0 Å². The number of rotatable bonds is 9. The third kappa shape index (κ3) is 6.77. The van der Waals surface area contributed by atoms with E-state index in [4.69, 9.17) is 32.7 Å². The van der Waals surface area contributed by atoms with E-state index in [1.165, 1.54) is 0 Å². The smallest absolute Gasteiger partial charge is 0.240 e. The van der Waals surface area contributed by atoms with Gasteiger partial charge in [0.15, 0.2) is 0 Å². The summed E-state index contributed by atoms with van der Waals surface area (Å²) in [5.41, 5.74) is 4.34. The van der Waals surface area contributed by atoms with Gasteiger partial charge in [0.1, 0.15) is 11.5 Å². The van der Waals surface area contributed by atoms with Crippen molar-refractivity contribution in [1.82, 2.24) is 5.43 Å². The molecular formula is C20H22Cl2N2O3. The molecule has 2 aromatic carbocycles. The fourth-order valence-electron chi connectivity index (χ4n) is 2.32. The minimum atomic E-state index is -0.166. The molecule has 0 saturated carbocycles. The van der Waals surface area contributed by atoms with Crippen LogP contribution in [0.2, 0.25) is 10.0 Å². The van der Waals surface area contributed by atoms with Gasteiger partial charge in [-0.3, -0.25) is 4.79 Å². The molecule has 1 N–H and O–H groups in total. The van der Waals surface area contributed by atoms with Crippen molar-refractivity contribution >= 4 is 34.8 Å². The molecule has 5 nitrogen and oxygen atoms in total. The van der Waals surface area contributed by atoms with Crippen molar-refractivity contribution in [3.05, 3.63) is 58.1 Å². The molecule has 0 atom stereocenters. The third-order valence-corrected chi connectivity index (χ3v) is 4.30. The van der Waals surface area contributed by atoms with Gasteiger partial charge >= 0.3 is 0 Å². The summed E-state index contributed by atoms with van der Waals surface area (Å²) in [6, 6.07) is 12.6. The Morgan fingerprint density at radius 3 is 2.52 bits per heavy atom. The minimum Gasteiger partial charge on any atom is -0.497 e. The lowest BCUT2D eigenvalue weighted by molar-refractivity contribution is -0.121. The van der Waals surface area contributed by atoms with Crippen LogP contribution in [-0.4, -0.2) is 25.3 Å². The van der Waals surface area contributed by atoms with Gasteiger partial charge in [0.05, 0.1) is 24.5 Å². The van der Waals surface area contributed by atoms with Crippen molar-refractivity contribution in [1.29, 1.82) is 0 Å². The number of amides is 1. The van der Waals surface area contributed by atoms with Gasteiger partial charge in [0.25, 0.3) is 0 Å². The first-order chi connectivity index (χ1) is 13.0. The van der Waals surface area contributed by atoms with E-state index in [0.717, 1.165) is 17.0 Å². The number of hydrogen-bond acceptors (Lipinski definition) is 4. The van der Waals surface area contributed by atoms with Crippen LogP contribution in [0.5, 0.6) is 11.5 Å². The number of carbonyl (C=O) groups excluding carboxylic acids is 1. The molecule has 27 heavy (non-hydrogen) atoms. The second-order valence-electron chi connectivity index (χ2n) is 5.70. The van der Waals surface area contributed by atoms with Gasteiger partial charge in [0.2, 0.25) is 5.91 Å². The number of hydrazone groups is 1. The highest BCUT2D eigenvalue weighted by Gasteiger charge is 2.06. The van der Waals surface area contributed by atoms with Crippen molar-refractivity contribution in [2.75, 3.05) is 13.7 Å². The van der Waals surface area contributed by atoms with E-state index in [1.807, 2.05) is 31.2 Å². The van der Waals surface area contributed by atoms with E-state index in [9.17, 15) is 4.79 Å². The van der Waals surface area contributed by atoms with E-state index in [1.54, 1.807) is 25.3 Å². The lowest BCUT2D eigenvalue weighted by atomic mass is 10.1. The number of methoxy groups -OCH3 is 1. The van der Waals surface area contributed by atoms with Gasteiger partial charge in [-0.15, -0.1) is 0 Å². The average molecular weight is 409 g/mol. The van der Waals surface area contributed by atoms with Crippen LogP contribution in [0.25, 0.3) is 0 Å². The molecule has 7 heteroatoms. The lowest BCUT2D eigenvalue weighted by Gasteiger charge is -2.08. The zero-order chi connectivity index (χ0) is 19.6. The molecule has 0 saturated heterocycles. The van der Waals surface area contributed by atoms with Crippen molar-refractivity contribution in [3.63, 3.8) is 0 Å². The lowest BCUT2D eigenvalue weighted by Crippen LogP contribution is -2.20. The molecule has 0 bridgehead atoms. The van der Waals surface area contributed by atoms with Crippen molar-refractivity contribution < 1.29 is 14.3 Å². The second-order valence-corrected chi connectivity index (χ2v) is 6.55. The molecule has 0 aliphatic heterocycles. The van der Waals surface area contributed by atoms with E-state index in [0.29, 0.717) is 41.7 Å². The van der Waals surface area contributed by atoms with Crippen LogP contribution in [0, 0.1) is 0 Å². The Morgan fingerprint density at radius 2 is 1.89 bits per heavy atom. The number of benzene rings is 2.